The molecule has 0 bridgehead atoms. The minimum atomic E-state index is 0.470. The molecule has 108 valence electrons. The van der Waals surface area contributed by atoms with Crippen molar-refractivity contribution in [2.24, 2.45) is 10.9 Å². The van der Waals surface area contributed by atoms with E-state index in [-0.39, 0.29) is 0 Å². The van der Waals surface area contributed by atoms with E-state index >= 15 is 0 Å². The highest BCUT2D eigenvalue weighted by Gasteiger charge is 2.05. The molecule has 0 saturated heterocycles. The molecule has 4 heteroatoms. The van der Waals surface area contributed by atoms with E-state index in [4.69, 9.17) is 4.74 Å². The van der Waals surface area contributed by atoms with Gasteiger partial charge in [-0.2, -0.15) is 0 Å². The Morgan fingerprint density at radius 1 is 1.17 bits per heavy atom. The number of nitrogens with zero attached hydrogens (tertiary/aromatic N) is 1. The molecule has 0 rings (SSSR count). The van der Waals surface area contributed by atoms with Gasteiger partial charge >= 0.3 is 0 Å². The lowest BCUT2D eigenvalue weighted by molar-refractivity contribution is 0.195. The molecule has 0 aliphatic carbocycles. The predicted octanol–water partition coefficient (Wildman–Crippen LogP) is 2.40. The largest absolute Gasteiger partial charge is 0.385 e. The molecule has 18 heavy (non-hydrogen) atoms. The Morgan fingerprint density at radius 3 is 2.44 bits per heavy atom. The molecule has 0 fully saturated rings. The molecular weight excluding hydrogens is 226 g/mol. The molecular formula is C14H31N3O. The molecule has 0 spiro atoms. The number of aliphatic imine (C=N–C) groups is 1. The fraction of sp³-hybridized carbons (Fsp3) is 0.929. The van der Waals surface area contributed by atoms with Crippen molar-refractivity contribution in [3.8, 4) is 0 Å². The molecule has 4 nitrogen and oxygen atoms in total. The zero-order valence-electron chi connectivity index (χ0n) is 12.8. The lowest BCUT2D eigenvalue weighted by Gasteiger charge is -2.18. The van der Waals surface area contributed by atoms with Crippen LogP contribution in [-0.2, 0) is 4.74 Å². The van der Waals surface area contributed by atoms with Crippen LogP contribution in [0, 0.1) is 5.92 Å². The number of rotatable bonds is 9. The first kappa shape index (κ1) is 17.2. The number of guanidine groups is 1. The fourth-order valence-electron chi connectivity index (χ4n) is 1.76. The Balaban J connectivity index is 3.70. The first-order valence-corrected chi connectivity index (χ1v) is 7.06. The van der Waals surface area contributed by atoms with Crippen LogP contribution in [0.5, 0.6) is 0 Å². The summed E-state index contributed by atoms with van der Waals surface area (Å²) in [6, 6.07) is 0.470. The van der Waals surface area contributed by atoms with Gasteiger partial charge in [0.05, 0.1) is 0 Å². The fourth-order valence-corrected chi connectivity index (χ4v) is 1.76. The van der Waals surface area contributed by atoms with Gasteiger partial charge in [0.1, 0.15) is 0 Å². The Hall–Kier alpha value is -0.770. The SMILES string of the molecule is CN=C(NCCCOC)NC(C)CCCC(C)C. The second kappa shape index (κ2) is 11.3. The van der Waals surface area contributed by atoms with Crippen molar-refractivity contribution in [3.05, 3.63) is 0 Å². The maximum atomic E-state index is 5.01. The van der Waals surface area contributed by atoms with E-state index in [0.717, 1.165) is 31.4 Å². The average molecular weight is 257 g/mol. The number of nitrogens with one attached hydrogen (secondary N) is 2. The van der Waals surface area contributed by atoms with Crippen molar-refractivity contribution in [2.75, 3.05) is 27.3 Å². The molecule has 0 aromatic heterocycles. The van der Waals surface area contributed by atoms with Crippen LogP contribution in [0.4, 0.5) is 0 Å². The summed E-state index contributed by atoms with van der Waals surface area (Å²) in [5, 5.41) is 6.71. The van der Waals surface area contributed by atoms with Crippen molar-refractivity contribution in [3.63, 3.8) is 0 Å². The lowest BCUT2D eigenvalue weighted by atomic mass is 10.0. The molecule has 1 atom stereocenters. The molecule has 0 aliphatic rings. The average Bonchev–Trinajstić information content (AvgIpc) is 2.32. The van der Waals surface area contributed by atoms with Crippen LogP contribution in [0.1, 0.15) is 46.5 Å². The molecule has 0 saturated carbocycles. The van der Waals surface area contributed by atoms with E-state index in [0.29, 0.717) is 6.04 Å². The molecule has 0 radical (unpaired) electrons. The summed E-state index contributed by atoms with van der Waals surface area (Å²) in [7, 11) is 3.54. The molecule has 0 amide bonds. The van der Waals surface area contributed by atoms with Crippen LogP contribution < -0.4 is 10.6 Å². The van der Waals surface area contributed by atoms with E-state index in [1.807, 2.05) is 7.05 Å². The maximum Gasteiger partial charge on any atom is 0.191 e. The maximum absolute atomic E-state index is 5.01. The topological polar surface area (TPSA) is 45.7 Å². The Kier molecular flexibility index (Phi) is 10.8. The highest BCUT2D eigenvalue weighted by molar-refractivity contribution is 5.79. The summed E-state index contributed by atoms with van der Waals surface area (Å²) in [4.78, 5) is 4.22. The van der Waals surface area contributed by atoms with Gasteiger partial charge in [0.2, 0.25) is 0 Å². The third-order valence-corrected chi connectivity index (χ3v) is 2.84. The van der Waals surface area contributed by atoms with Gasteiger partial charge < -0.3 is 15.4 Å². The third-order valence-electron chi connectivity index (χ3n) is 2.84. The van der Waals surface area contributed by atoms with Crippen molar-refractivity contribution in [2.45, 2.75) is 52.5 Å². The van der Waals surface area contributed by atoms with Crippen LogP contribution in [0.15, 0.2) is 4.99 Å². The van der Waals surface area contributed by atoms with Crippen LogP contribution in [0.25, 0.3) is 0 Å². The second-order valence-electron chi connectivity index (χ2n) is 5.22. The zero-order valence-corrected chi connectivity index (χ0v) is 12.8. The van der Waals surface area contributed by atoms with Gasteiger partial charge in [-0.1, -0.05) is 26.7 Å². The monoisotopic (exact) mass is 257 g/mol. The van der Waals surface area contributed by atoms with Gasteiger partial charge in [-0.15, -0.1) is 0 Å². The molecule has 0 aromatic carbocycles. The quantitative estimate of drug-likeness (QED) is 0.379. The zero-order chi connectivity index (χ0) is 13.8. The highest BCUT2D eigenvalue weighted by atomic mass is 16.5. The van der Waals surface area contributed by atoms with E-state index in [1.54, 1.807) is 7.11 Å². The molecule has 2 N–H and O–H groups in total. The van der Waals surface area contributed by atoms with Crippen LogP contribution in [0.3, 0.4) is 0 Å². The second-order valence-corrected chi connectivity index (χ2v) is 5.22. The highest BCUT2D eigenvalue weighted by Crippen LogP contribution is 2.07. The minimum Gasteiger partial charge on any atom is -0.385 e. The van der Waals surface area contributed by atoms with Gasteiger partial charge in [0.15, 0.2) is 5.96 Å². The summed E-state index contributed by atoms with van der Waals surface area (Å²) in [6.45, 7) is 8.44. The van der Waals surface area contributed by atoms with Crippen molar-refractivity contribution in [1.82, 2.24) is 10.6 Å². The number of hydrogen-bond acceptors (Lipinski definition) is 2. The van der Waals surface area contributed by atoms with Gasteiger partial charge in [-0.3, -0.25) is 4.99 Å². The van der Waals surface area contributed by atoms with Crippen molar-refractivity contribution >= 4 is 5.96 Å². The summed E-state index contributed by atoms with van der Waals surface area (Å²) in [6.07, 6.45) is 4.76. The first-order chi connectivity index (χ1) is 8.60. The molecule has 0 heterocycles. The Labute approximate surface area is 113 Å². The summed E-state index contributed by atoms with van der Waals surface area (Å²) in [5.74, 6) is 1.69. The van der Waals surface area contributed by atoms with Crippen LogP contribution in [-0.4, -0.2) is 39.3 Å². The third kappa shape index (κ3) is 10.4. The van der Waals surface area contributed by atoms with E-state index < -0.39 is 0 Å². The van der Waals surface area contributed by atoms with Crippen molar-refractivity contribution < 1.29 is 4.74 Å². The van der Waals surface area contributed by atoms with Gasteiger partial charge in [0, 0.05) is 33.4 Å². The predicted molar refractivity (Wildman–Crippen MR) is 79.1 cm³/mol. The van der Waals surface area contributed by atoms with Gasteiger partial charge in [0.25, 0.3) is 0 Å². The normalized spacial score (nSPS) is 13.8. The smallest absolute Gasteiger partial charge is 0.191 e. The molecule has 1 unspecified atom stereocenters. The molecule has 0 aromatic rings. The number of methoxy groups -OCH3 is 1. The Bertz CT molecular complexity index is 217. The number of ether oxygens (including phenoxy) is 1. The van der Waals surface area contributed by atoms with E-state index in [9.17, 15) is 0 Å². The van der Waals surface area contributed by atoms with E-state index in [2.05, 4.69) is 36.4 Å². The van der Waals surface area contributed by atoms with E-state index in [1.165, 1.54) is 19.3 Å². The van der Waals surface area contributed by atoms with Crippen LogP contribution >= 0.6 is 0 Å². The summed E-state index contributed by atoms with van der Waals surface area (Å²) >= 11 is 0. The molecule has 0 aliphatic heterocycles. The van der Waals surface area contributed by atoms with Crippen molar-refractivity contribution in [1.29, 1.82) is 0 Å². The summed E-state index contributed by atoms with van der Waals surface area (Å²) < 4.78 is 5.01. The number of hydrogen-bond donors (Lipinski definition) is 2. The van der Waals surface area contributed by atoms with Crippen LogP contribution in [0.2, 0.25) is 0 Å². The standard InChI is InChI=1S/C14H31N3O/c1-12(2)8-6-9-13(3)17-14(15-4)16-10-7-11-18-5/h12-13H,6-11H2,1-5H3,(H2,15,16,17). The minimum absolute atomic E-state index is 0.470. The lowest BCUT2D eigenvalue weighted by Crippen LogP contribution is -2.42. The first-order valence-electron chi connectivity index (χ1n) is 7.06. The summed E-state index contributed by atoms with van der Waals surface area (Å²) in [5.41, 5.74) is 0. The Morgan fingerprint density at radius 2 is 1.89 bits per heavy atom. The van der Waals surface area contributed by atoms with Gasteiger partial charge in [-0.25, -0.2) is 0 Å². The van der Waals surface area contributed by atoms with Gasteiger partial charge in [-0.05, 0) is 25.7 Å².